The second kappa shape index (κ2) is 9.23. The molecule has 31 heavy (non-hydrogen) atoms. The zero-order chi connectivity index (χ0) is 22.8. The van der Waals surface area contributed by atoms with Gasteiger partial charge in [-0.1, -0.05) is 37.6 Å². The van der Waals surface area contributed by atoms with Crippen molar-refractivity contribution in [1.29, 1.82) is 0 Å². The van der Waals surface area contributed by atoms with Crippen molar-refractivity contribution in [2.45, 2.75) is 51.9 Å². The quantitative estimate of drug-likeness (QED) is 0.621. The number of amides is 2. The Morgan fingerprint density at radius 2 is 1.97 bits per heavy atom. The molecule has 3 rings (SSSR count). The number of carbonyl (C=O) groups excluding carboxylic acids is 2. The Bertz CT molecular complexity index is 924. The van der Waals surface area contributed by atoms with Crippen LogP contribution in [0.15, 0.2) is 30.5 Å². The first-order valence-electron chi connectivity index (χ1n) is 10.2. The Balaban J connectivity index is 1.79. The molecule has 1 aromatic carbocycles. The highest BCUT2D eigenvalue weighted by atomic mass is 35.5. The number of nitrogens with zero attached hydrogens (tertiary/aromatic N) is 4. The smallest absolute Gasteiger partial charge is 0.248 e. The van der Waals surface area contributed by atoms with Crippen molar-refractivity contribution < 1.29 is 14.7 Å². The number of hydrogen-bond acceptors (Lipinski definition) is 6. The number of likely N-dealkylation sites (N-methyl/N-ethyl adjacent to an activating group) is 1. The summed E-state index contributed by atoms with van der Waals surface area (Å²) in [6, 6.07) is 5.94. The van der Waals surface area contributed by atoms with Crippen LogP contribution in [0.25, 0.3) is 0 Å². The maximum atomic E-state index is 13.5. The number of anilines is 1. The molecule has 1 aliphatic heterocycles. The average molecular weight is 449 g/mol. The van der Waals surface area contributed by atoms with Gasteiger partial charge < -0.3 is 20.6 Å². The van der Waals surface area contributed by atoms with Crippen molar-refractivity contribution in [3.8, 4) is 0 Å². The fourth-order valence-corrected chi connectivity index (χ4v) is 3.92. The summed E-state index contributed by atoms with van der Waals surface area (Å²) >= 11 is 5.91. The van der Waals surface area contributed by atoms with Crippen LogP contribution in [-0.2, 0) is 16.1 Å². The zero-order valence-electron chi connectivity index (χ0n) is 18.2. The number of likely N-dealkylation sites (tertiary alicyclic amines) is 1. The van der Waals surface area contributed by atoms with Crippen LogP contribution in [0.1, 0.15) is 38.9 Å². The van der Waals surface area contributed by atoms with E-state index in [1.54, 1.807) is 23.0 Å². The summed E-state index contributed by atoms with van der Waals surface area (Å²) in [5.74, 6) is -0.552. The molecular formula is C21H29ClN6O3. The van der Waals surface area contributed by atoms with Crippen LogP contribution in [0.4, 0.5) is 5.69 Å². The number of aliphatic hydroxyl groups excluding tert-OH is 1. The van der Waals surface area contributed by atoms with E-state index in [0.717, 1.165) is 5.69 Å². The van der Waals surface area contributed by atoms with Crippen molar-refractivity contribution in [3.63, 3.8) is 0 Å². The summed E-state index contributed by atoms with van der Waals surface area (Å²) in [7, 11) is 1.52. The lowest BCUT2D eigenvalue weighted by atomic mass is 9.85. The minimum atomic E-state index is -0.734. The molecule has 0 spiro atoms. The van der Waals surface area contributed by atoms with Gasteiger partial charge in [0.15, 0.2) is 0 Å². The number of β-amino-alcohol motifs (C(OH)–C–C–N with tert-alkyl or cyclic N) is 1. The van der Waals surface area contributed by atoms with E-state index in [0.29, 0.717) is 17.3 Å². The topological polar surface area (TPSA) is 112 Å². The largest absolute Gasteiger partial charge is 0.391 e. The highest BCUT2D eigenvalue weighted by molar-refractivity contribution is 6.30. The van der Waals surface area contributed by atoms with Crippen LogP contribution < -0.4 is 10.6 Å². The molecule has 1 saturated heterocycles. The van der Waals surface area contributed by atoms with Crippen molar-refractivity contribution in [1.82, 2.24) is 25.2 Å². The third-order valence-corrected chi connectivity index (χ3v) is 5.56. The molecule has 1 fully saturated rings. The van der Waals surface area contributed by atoms with Crippen molar-refractivity contribution in [2.75, 3.05) is 18.9 Å². The number of aromatic nitrogens is 3. The van der Waals surface area contributed by atoms with E-state index in [1.165, 1.54) is 11.9 Å². The monoisotopic (exact) mass is 448 g/mol. The average Bonchev–Trinajstić information content (AvgIpc) is 3.32. The van der Waals surface area contributed by atoms with Gasteiger partial charge in [-0.05, 0) is 29.7 Å². The second-order valence-electron chi connectivity index (χ2n) is 8.83. The molecule has 2 unspecified atom stereocenters. The maximum absolute atomic E-state index is 13.5. The van der Waals surface area contributed by atoms with Gasteiger partial charge in [-0.3, -0.25) is 9.59 Å². The number of benzene rings is 1. The molecule has 3 N–H and O–H groups in total. The number of aliphatic hydroxyl groups is 1. The van der Waals surface area contributed by atoms with Crippen LogP contribution in [0.3, 0.4) is 0 Å². The lowest BCUT2D eigenvalue weighted by Gasteiger charge is -2.34. The molecule has 10 heteroatoms. The highest BCUT2D eigenvalue weighted by Crippen LogP contribution is 2.34. The number of nitrogens with one attached hydrogen (secondary N) is 2. The maximum Gasteiger partial charge on any atom is 0.248 e. The number of hydrogen-bond donors (Lipinski definition) is 3. The highest BCUT2D eigenvalue weighted by Gasteiger charge is 2.44. The molecule has 2 heterocycles. The molecule has 0 radical (unpaired) electrons. The van der Waals surface area contributed by atoms with Gasteiger partial charge in [0.05, 0.1) is 18.8 Å². The normalized spacial score (nSPS) is 19.9. The fourth-order valence-electron chi connectivity index (χ4n) is 3.79. The van der Waals surface area contributed by atoms with E-state index < -0.39 is 23.6 Å². The predicted molar refractivity (Wildman–Crippen MR) is 117 cm³/mol. The summed E-state index contributed by atoms with van der Waals surface area (Å²) in [4.78, 5) is 27.2. The molecular weight excluding hydrogens is 420 g/mol. The standard InChI is InChI=1S/C21H29ClN6O3/c1-21(2,3)18(20(31)27-12-16(29)9-17(27)19(30)23-4)28-11-15(25-26-28)10-24-14-7-5-13(22)6-8-14/h5-8,11,16-18,24,29H,9-10,12H2,1-4H3,(H,23,30)/t16?,17-,18?/m1/s1. The molecule has 1 aliphatic rings. The third kappa shape index (κ3) is 5.34. The Kier molecular flexibility index (Phi) is 6.86. The molecule has 9 nitrogen and oxygen atoms in total. The van der Waals surface area contributed by atoms with E-state index in [1.807, 2.05) is 32.9 Å². The Morgan fingerprint density at radius 3 is 2.58 bits per heavy atom. The molecule has 3 atom stereocenters. The first kappa shape index (κ1) is 23.0. The van der Waals surface area contributed by atoms with Gasteiger partial charge in [0.25, 0.3) is 0 Å². The summed E-state index contributed by atoms with van der Waals surface area (Å²) in [5, 5.41) is 25.0. The van der Waals surface area contributed by atoms with Crippen LogP contribution in [0.2, 0.25) is 5.02 Å². The Hall–Kier alpha value is -2.65. The van der Waals surface area contributed by atoms with E-state index >= 15 is 0 Å². The van der Waals surface area contributed by atoms with Gasteiger partial charge in [0, 0.05) is 30.7 Å². The zero-order valence-corrected chi connectivity index (χ0v) is 18.9. The molecule has 2 amide bonds. The minimum absolute atomic E-state index is 0.114. The molecule has 0 aliphatic carbocycles. The van der Waals surface area contributed by atoms with Gasteiger partial charge in [0.1, 0.15) is 17.8 Å². The fraction of sp³-hybridized carbons (Fsp3) is 0.524. The van der Waals surface area contributed by atoms with Crippen LogP contribution in [0.5, 0.6) is 0 Å². The SMILES string of the molecule is CNC(=O)[C@H]1CC(O)CN1C(=O)C(n1cc(CNc2ccc(Cl)cc2)nn1)C(C)(C)C. The van der Waals surface area contributed by atoms with E-state index in [2.05, 4.69) is 20.9 Å². The molecule has 2 aromatic rings. The molecule has 168 valence electrons. The first-order valence-corrected chi connectivity index (χ1v) is 10.6. The van der Waals surface area contributed by atoms with Crippen LogP contribution in [-0.4, -0.2) is 62.6 Å². The summed E-state index contributed by atoms with van der Waals surface area (Å²) in [6.07, 6.45) is 1.22. The lowest BCUT2D eigenvalue weighted by Crippen LogP contribution is -2.49. The third-order valence-electron chi connectivity index (χ3n) is 5.31. The molecule has 0 bridgehead atoms. The minimum Gasteiger partial charge on any atom is -0.391 e. The first-order chi connectivity index (χ1) is 14.6. The van der Waals surface area contributed by atoms with Gasteiger partial charge in [-0.15, -0.1) is 5.10 Å². The van der Waals surface area contributed by atoms with Gasteiger partial charge in [-0.25, -0.2) is 4.68 Å². The summed E-state index contributed by atoms with van der Waals surface area (Å²) in [5.41, 5.74) is 1.06. The Labute approximate surface area is 186 Å². The Morgan fingerprint density at radius 1 is 1.29 bits per heavy atom. The van der Waals surface area contributed by atoms with Crippen LogP contribution in [0, 0.1) is 5.41 Å². The molecule has 0 saturated carbocycles. The van der Waals surface area contributed by atoms with E-state index in [-0.39, 0.29) is 24.8 Å². The van der Waals surface area contributed by atoms with E-state index in [9.17, 15) is 14.7 Å². The summed E-state index contributed by atoms with van der Waals surface area (Å²) in [6.45, 7) is 6.35. The van der Waals surface area contributed by atoms with Crippen molar-refractivity contribution in [3.05, 3.63) is 41.2 Å². The molecule has 1 aromatic heterocycles. The number of rotatable bonds is 6. The van der Waals surface area contributed by atoms with Gasteiger partial charge >= 0.3 is 0 Å². The van der Waals surface area contributed by atoms with E-state index in [4.69, 9.17) is 11.6 Å². The second-order valence-corrected chi connectivity index (χ2v) is 9.27. The summed E-state index contributed by atoms with van der Waals surface area (Å²) < 4.78 is 1.55. The van der Waals surface area contributed by atoms with Crippen molar-refractivity contribution >= 4 is 29.1 Å². The van der Waals surface area contributed by atoms with Gasteiger partial charge in [0.2, 0.25) is 11.8 Å². The van der Waals surface area contributed by atoms with Gasteiger partial charge in [-0.2, -0.15) is 0 Å². The number of carbonyl (C=O) groups is 2. The lowest BCUT2D eigenvalue weighted by molar-refractivity contribution is -0.144. The van der Waals surface area contributed by atoms with Crippen LogP contribution >= 0.6 is 11.6 Å². The van der Waals surface area contributed by atoms with Crippen molar-refractivity contribution in [2.24, 2.45) is 5.41 Å². The number of halogens is 1. The predicted octanol–water partition coefficient (Wildman–Crippen LogP) is 1.84.